The highest BCUT2D eigenvalue weighted by Crippen LogP contribution is 2.20. The van der Waals surface area contributed by atoms with Gasteiger partial charge in [0.15, 0.2) is 0 Å². The standard InChI is InChI=1S/C16H17ClN2O/c1-2-3-11-18-13-9-10-14(17)19-15(13)16(20)12-7-5-4-6-8-12/h4-10,18H,2-3,11H2,1H3. The van der Waals surface area contributed by atoms with Gasteiger partial charge in [-0.2, -0.15) is 0 Å². The Bertz CT molecular complexity index is 584. The van der Waals surface area contributed by atoms with E-state index >= 15 is 0 Å². The van der Waals surface area contributed by atoms with Crippen molar-refractivity contribution in [1.29, 1.82) is 0 Å². The molecule has 1 aromatic carbocycles. The first-order valence-electron chi connectivity index (χ1n) is 6.72. The number of rotatable bonds is 6. The lowest BCUT2D eigenvalue weighted by Crippen LogP contribution is -2.11. The first-order chi connectivity index (χ1) is 9.72. The number of aromatic nitrogens is 1. The molecule has 1 N–H and O–H groups in total. The van der Waals surface area contributed by atoms with Gasteiger partial charge in [0.1, 0.15) is 10.8 Å². The van der Waals surface area contributed by atoms with Crippen molar-refractivity contribution in [2.75, 3.05) is 11.9 Å². The van der Waals surface area contributed by atoms with Crippen molar-refractivity contribution in [2.24, 2.45) is 0 Å². The molecule has 0 saturated heterocycles. The second-order valence-corrected chi connectivity index (χ2v) is 4.89. The molecule has 1 heterocycles. The normalized spacial score (nSPS) is 10.3. The number of carbonyl (C=O) groups is 1. The number of nitrogens with zero attached hydrogens (tertiary/aromatic N) is 1. The van der Waals surface area contributed by atoms with Crippen molar-refractivity contribution in [2.45, 2.75) is 19.8 Å². The summed E-state index contributed by atoms with van der Waals surface area (Å²) in [4.78, 5) is 16.7. The van der Waals surface area contributed by atoms with E-state index in [-0.39, 0.29) is 5.78 Å². The van der Waals surface area contributed by atoms with Crippen LogP contribution in [0.3, 0.4) is 0 Å². The van der Waals surface area contributed by atoms with Gasteiger partial charge in [0, 0.05) is 12.1 Å². The second-order valence-electron chi connectivity index (χ2n) is 4.51. The van der Waals surface area contributed by atoms with Crippen molar-refractivity contribution in [3.05, 3.63) is 58.9 Å². The maximum Gasteiger partial charge on any atom is 0.213 e. The van der Waals surface area contributed by atoms with Crippen molar-refractivity contribution >= 4 is 23.1 Å². The zero-order valence-corrected chi connectivity index (χ0v) is 12.2. The lowest BCUT2D eigenvalue weighted by atomic mass is 10.1. The Kier molecular flexibility index (Phi) is 5.13. The molecular weight excluding hydrogens is 272 g/mol. The number of anilines is 1. The summed E-state index contributed by atoms with van der Waals surface area (Å²) in [6, 6.07) is 12.6. The fraction of sp³-hybridized carbons (Fsp3) is 0.250. The number of unbranched alkanes of at least 4 members (excludes halogenated alkanes) is 1. The highest BCUT2D eigenvalue weighted by atomic mass is 35.5. The molecule has 0 unspecified atom stereocenters. The summed E-state index contributed by atoms with van der Waals surface area (Å²) in [5.41, 5.74) is 1.72. The van der Waals surface area contributed by atoms with E-state index in [4.69, 9.17) is 11.6 Å². The lowest BCUT2D eigenvalue weighted by molar-refractivity contribution is 0.103. The van der Waals surface area contributed by atoms with Gasteiger partial charge in [-0.3, -0.25) is 4.79 Å². The van der Waals surface area contributed by atoms with E-state index in [2.05, 4.69) is 17.2 Å². The van der Waals surface area contributed by atoms with Crippen molar-refractivity contribution in [3.63, 3.8) is 0 Å². The average Bonchev–Trinajstić information content (AvgIpc) is 2.49. The fourth-order valence-electron chi connectivity index (χ4n) is 1.88. The first-order valence-corrected chi connectivity index (χ1v) is 7.10. The van der Waals surface area contributed by atoms with E-state index in [0.717, 1.165) is 25.1 Å². The predicted molar refractivity (Wildman–Crippen MR) is 82.5 cm³/mol. The van der Waals surface area contributed by atoms with Gasteiger partial charge in [0.25, 0.3) is 0 Å². The van der Waals surface area contributed by atoms with E-state index < -0.39 is 0 Å². The van der Waals surface area contributed by atoms with E-state index in [9.17, 15) is 4.79 Å². The fourth-order valence-corrected chi connectivity index (χ4v) is 2.02. The minimum Gasteiger partial charge on any atom is -0.383 e. The number of halogens is 1. The molecule has 0 spiro atoms. The molecule has 3 nitrogen and oxygen atoms in total. The Morgan fingerprint density at radius 2 is 1.95 bits per heavy atom. The van der Waals surface area contributed by atoms with Gasteiger partial charge in [0.2, 0.25) is 5.78 Å². The molecule has 0 bridgehead atoms. The molecule has 20 heavy (non-hydrogen) atoms. The van der Waals surface area contributed by atoms with Crippen molar-refractivity contribution in [1.82, 2.24) is 4.98 Å². The van der Waals surface area contributed by atoms with Gasteiger partial charge in [0.05, 0.1) is 5.69 Å². The highest BCUT2D eigenvalue weighted by molar-refractivity contribution is 6.29. The summed E-state index contributed by atoms with van der Waals surface area (Å²) in [5.74, 6) is -0.118. The molecule has 0 amide bonds. The molecule has 0 aliphatic rings. The lowest BCUT2D eigenvalue weighted by Gasteiger charge is -2.10. The Hall–Kier alpha value is -1.87. The average molecular weight is 289 g/mol. The number of benzene rings is 1. The van der Waals surface area contributed by atoms with Crippen molar-refractivity contribution < 1.29 is 4.79 Å². The molecule has 104 valence electrons. The summed E-state index contributed by atoms with van der Waals surface area (Å²) < 4.78 is 0. The van der Waals surface area contributed by atoms with Gasteiger partial charge in [-0.1, -0.05) is 55.3 Å². The Morgan fingerprint density at radius 1 is 1.20 bits per heavy atom. The van der Waals surface area contributed by atoms with Crippen LogP contribution >= 0.6 is 11.6 Å². The molecule has 0 radical (unpaired) electrons. The molecule has 0 saturated carbocycles. The third-order valence-corrected chi connectivity index (χ3v) is 3.17. The molecule has 2 rings (SSSR count). The van der Waals surface area contributed by atoms with Crippen LogP contribution in [0.1, 0.15) is 35.8 Å². The second kappa shape index (κ2) is 7.06. The smallest absolute Gasteiger partial charge is 0.213 e. The van der Waals surface area contributed by atoms with Gasteiger partial charge in [-0.15, -0.1) is 0 Å². The summed E-state index contributed by atoms with van der Waals surface area (Å²) in [5, 5.41) is 3.57. The number of hydrogen-bond donors (Lipinski definition) is 1. The van der Waals surface area contributed by atoms with E-state index in [1.54, 1.807) is 24.3 Å². The highest BCUT2D eigenvalue weighted by Gasteiger charge is 2.15. The van der Waals surface area contributed by atoms with Gasteiger partial charge in [-0.05, 0) is 18.6 Å². The molecule has 0 aliphatic carbocycles. The molecule has 0 fully saturated rings. The third kappa shape index (κ3) is 3.58. The number of nitrogens with one attached hydrogen (secondary N) is 1. The molecular formula is C16H17ClN2O. The van der Waals surface area contributed by atoms with Crippen molar-refractivity contribution in [3.8, 4) is 0 Å². The summed E-state index contributed by atoms with van der Waals surface area (Å²) >= 11 is 5.92. The van der Waals surface area contributed by atoms with Crippen LogP contribution in [0.2, 0.25) is 5.15 Å². The summed E-state index contributed by atoms with van der Waals surface area (Å²) in [6.45, 7) is 2.94. The van der Waals surface area contributed by atoms with Crippen LogP contribution in [0.5, 0.6) is 0 Å². The van der Waals surface area contributed by atoms with E-state index in [1.165, 1.54) is 0 Å². The van der Waals surface area contributed by atoms with Crippen LogP contribution in [-0.4, -0.2) is 17.3 Å². The topological polar surface area (TPSA) is 42.0 Å². The van der Waals surface area contributed by atoms with Crippen LogP contribution in [0.4, 0.5) is 5.69 Å². The number of hydrogen-bond acceptors (Lipinski definition) is 3. The SMILES string of the molecule is CCCCNc1ccc(Cl)nc1C(=O)c1ccccc1. The van der Waals surface area contributed by atoms with Crippen LogP contribution in [0.15, 0.2) is 42.5 Å². The molecule has 2 aromatic rings. The zero-order chi connectivity index (χ0) is 14.4. The number of ketones is 1. The molecule has 0 atom stereocenters. The first kappa shape index (κ1) is 14.5. The number of pyridine rings is 1. The maximum absolute atomic E-state index is 12.5. The maximum atomic E-state index is 12.5. The third-order valence-electron chi connectivity index (χ3n) is 2.96. The summed E-state index contributed by atoms with van der Waals surface area (Å²) in [6.07, 6.45) is 2.14. The van der Waals surface area contributed by atoms with Gasteiger partial charge >= 0.3 is 0 Å². The quantitative estimate of drug-likeness (QED) is 0.492. The van der Waals surface area contributed by atoms with Gasteiger partial charge < -0.3 is 5.32 Å². The predicted octanol–water partition coefficient (Wildman–Crippen LogP) is 4.18. The van der Waals surface area contributed by atoms with Crippen LogP contribution in [0.25, 0.3) is 0 Å². The summed E-state index contributed by atoms with van der Waals surface area (Å²) in [7, 11) is 0. The molecule has 0 aliphatic heterocycles. The van der Waals surface area contributed by atoms with Crippen LogP contribution in [0, 0.1) is 0 Å². The minimum atomic E-state index is -0.118. The Morgan fingerprint density at radius 3 is 2.65 bits per heavy atom. The largest absolute Gasteiger partial charge is 0.383 e. The van der Waals surface area contributed by atoms with E-state index in [0.29, 0.717) is 16.4 Å². The Balaban J connectivity index is 2.29. The van der Waals surface area contributed by atoms with Crippen LogP contribution in [-0.2, 0) is 0 Å². The van der Waals surface area contributed by atoms with E-state index in [1.807, 2.05) is 18.2 Å². The van der Waals surface area contributed by atoms with Crippen LogP contribution < -0.4 is 5.32 Å². The monoisotopic (exact) mass is 288 g/mol. The minimum absolute atomic E-state index is 0.118. The number of carbonyl (C=O) groups excluding carboxylic acids is 1. The Labute approximate surface area is 124 Å². The molecule has 4 heteroatoms. The molecule has 1 aromatic heterocycles. The van der Waals surface area contributed by atoms with Gasteiger partial charge in [-0.25, -0.2) is 4.98 Å². The zero-order valence-electron chi connectivity index (χ0n) is 11.4.